The topological polar surface area (TPSA) is 12.0 Å². The summed E-state index contributed by atoms with van der Waals surface area (Å²) >= 11 is 0. The van der Waals surface area contributed by atoms with Gasteiger partial charge in [-0.25, -0.2) is 8.78 Å². The standard InChI is InChI=1S/C9H15F2N/c1-8(7-3-4-7)9(10,11)5-2-6-12-8/h7,12H,2-6H2,1H3. The molecule has 3 heteroatoms. The van der Waals surface area contributed by atoms with E-state index in [0.717, 1.165) is 19.4 Å². The second kappa shape index (κ2) is 2.41. The molecule has 1 atom stereocenters. The Morgan fingerprint density at radius 3 is 2.50 bits per heavy atom. The molecule has 2 fully saturated rings. The van der Waals surface area contributed by atoms with Crippen molar-refractivity contribution in [2.75, 3.05) is 6.54 Å². The van der Waals surface area contributed by atoms with Gasteiger partial charge in [0.15, 0.2) is 0 Å². The Bertz CT molecular complexity index is 189. The molecule has 0 aromatic heterocycles. The maximum atomic E-state index is 13.5. The first-order chi connectivity index (χ1) is 5.56. The van der Waals surface area contributed by atoms with Crippen LogP contribution in [0.1, 0.15) is 32.6 Å². The molecular weight excluding hydrogens is 160 g/mol. The molecule has 2 rings (SSSR count). The second-order valence-corrected chi connectivity index (χ2v) is 4.21. The zero-order chi connectivity index (χ0) is 8.82. The van der Waals surface area contributed by atoms with Gasteiger partial charge < -0.3 is 5.32 Å². The van der Waals surface area contributed by atoms with Crippen LogP contribution in [0.5, 0.6) is 0 Å². The number of piperidine rings is 1. The zero-order valence-electron chi connectivity index (χ0n) is 7.37. The SMILES string of the molecule is CC1(C2CC2)NCCCC1(F)F. The van der Waals surface area contributed by atoms with Crippen molar-refractivity contribution in [1.82, 2.24) is 5.32 Å². The van der Waals surface area contributed by atoms with Gasteiger partial charge in [0.05, 0.1) is 5.54 Å². The summed E-state index contributed by atoms with van der Waals surface area (Å²) in [5.74, 6) is -2.28. The van der Waals surface area contributed by atoms with Crippen LogP contribution in [-0.2, 0) is 0 Å². The highest BCUT2D eigenvalue weighted by Gasteiger charge is 2.58. The van der Waals surface area contributed by atoms with Gasteiger partial charge in [-0.3, -0.25) is 0 Å². The molecule has 0 bridgehead atoms. The third kappa shape index (κ3) is 1.06. The first kappa shape index (κ1) is 8.42. The van der Waals surface area contributed by atoms with Crippen molar-refractivity contribution in [3.05, 3.63) is 0 Å². The van der Waals surface area contributed by atoms with Crippen molar-refractivity contribution in [3.63, 3.8) is 0 Å². The average molecular weight is 175 g/mol. The molecule has 0 radical (unpaired) electrons. The van der Waals surface area contributed by atoms with Crippen LogP contribution in [0.3, 0.4) is 0 Å². The van der Waals surface area contributed by atoms with Crippen LogP contribution in [-0.4, -0.2) is 18.0 Å². The Kier molecular flexibility index (Phi) is 1.69. The maximum absolute atomic E-state index is 13.5. The molecule has 0 amide bonds. The van der Waals surface area contributed by atoms with E-state index in [9.17, 15) is 8.78 Å². The Labute approximate surface area is 71.5 Å². The molecule has 1 saturated carbocycles. The molecule has 1 N–H and O–H groups in total. The monoisotopic (exact) mass is 175 g/mol. The molecular formula is C9H15F2N. The molecule has 0 aromatic carbocycles. The number of hydrogen-bond donors (Lipinski definition) is 1. The smallest absolute Gasteiger partial charge is 0.265 e. The van der Waals surface area contributed by atoms with Gasteiger partial charge in [-0.05, 0) is 38.6 Å². The van der Waals surface area contributed by atoms with E-state index in [1.807, 2.05) is 0 Å². The molecule has 2 aliphatic rings. The summed E-state index contributed by atoms with van der Waals surface area (Å²) in [7, 11) is 0. The van der Waals surface area contributed by atoms with Crippen LogP contribution in [0.25, 0.3) is 0 Å². The molecule has 1 aliphatic carbocycles. The first-order valence-electron chi connectivity index (χ1n) is 4.69. The minimum Gasteiger partial charge on any atom is -0.306 e. The molecule has 0 aromatic rings. The third-order valence-corrected chi connectivity index (χ3v) is 3.31. The van der Waals surface area contributed by atoms with E-state index in [0.29, 0.717) is 6.42 Å². The van der Waals surface area contributed by atoms with E-state index in [4.69, 9.17) is 0 Å². The lowest BCUT2D eigenvalue weighted by atomic mass is 9.82. The van der Waals surface area contributed by atoms with E-state index in [1.165, 1.54) is 0 Å². The number of hydrogen-bond acceptors (Lipinski definition) is 1. The minimum absolute atomic E-state index is 0.0625. The predicted octanol–water partition coefficient (Wildman–Crippen LogP) is 2.17. The van der Waals surface area contributed by atoms with Gasteiger partial charge in [-0.2, -0.15) is 0 Å². The molecule has 0 spiro atoms. The largest absolute Gasteiger partial charge is 0.306 e. The summed E-state index contributed by atoms with van der Waals surface area (Å²) in [5, 5.41) is 3.00. The summed E-state index contributed by atoms with van der Waals surface area (Å²) in [5.41, 5.74) is -0.898. The van der Waals surface area contributed by atoms with Crippen LogP contribution < -0.4 is 5.32 Å². The van der Waals surface area contributed by atoms with Crippen LogP contribution in [0.4, 0.5) is 8.78 Å². The van der Waals surface area contributed by atoms with Crippen LogP contribution in [0.2, 0.25) is 0 Å². The van der Waals surface area contributed by atoms with Crippen molar-refractivity contribution in [2.45, 2.75) is 44.1 Å². The summed E-state index contributed by atoms with van der Waals surface area (Å²) in [6.45, 7) is 2.44. The fourth-order valence-corrected chi connectivity index (χ4v) is 2.15. The minimum atomic E-state index is -2.49. The van der Waals surface area contributed by atoms with Gasteiger partial charge in [0.2, 0.25) is 0 Å². The van der Waals surface area contributed by atoms with Gasteiger partial charge >= 0.3 is 0 Å². The molecule has 1 saturated heterocycles. The zero-order valence-corrected chi connectivity index (χ0v) is 7.37. The molecule has 12 heavy (non-hydrogen) atoms. The lowest BCUT2D eigenvalue weighted by Gasteiger charge is -2.42. The molecule has 70 valence electrons. The summed E-state index contributed by atoms with van der Waals surface area (Å²) in [6.07, 6.45) is 2.61. The van der Waals surface area contributed by atoms with Crippen molar-refractivity contribution in [3.8, 4) is 0 Å². The summed E-state index contributed by atoms with van der Waals surface area (Å²) in [4.78, 5) is 0. The fourth-order valence-electron chi connectivity index (χ4n) is 2.15. The Balaban J connectivity index is 2.18. The van der Waals surface area contributed by atoms with Gasteiger partial charge in [-0.1, -0.05) is 0 Å². The lowest BCUT2D eigenvalue weighted by Crippen LogP contribution is -2.61. The van der Waals surface area contributed by atoms with Crippen molar-refractivity contribution in [2.24, 2.45) is 5.92 Å². The number of rotatable bonds is 1. The van der Waals surface area contributed by atoms with Crippen molar-refractivity contribution in [1.29, 1.82) is 0 Å². The number of alkyl halides is 2. The second-order valence-electron chi connectivity index (χ2n) is 4.21. The van der Waals surface area contributed by atoms with E-state index in [2.05, 4.69) is 5.32 Å². The van der Waals surface area contributed by atoms with Gasteiger partial charge in [0.1, 0.15) is 0 Å². The number of nitrogens with one attached hydrogen (secondary N) is 1. The van der Waals surface area contributed by atoms with Crippen LogP contribution in [0.15, 0.2) is 0 Å². The quantitative estimate of drug-likeness (QED) is 0.644. The third-order valence-electron chi connectivity index (χ3n) is 3.31. The Morgan fingerprint density at radius 1 is 1.33 bits per heavy atom. The van der Waals surface area contributed by atoms with Gasteiger partial charge in [0, 0.05) is 6.42 Å². The summed E-state index contributed by atoms with van der Waals surface area (Å²) < 4.78 is 27.0. The highest BCUT2D eigenvalue weighted by Crippen LogP contribution is 2.50. The maximum Gasteiger partial charge on any atom is 0.265 e. The van der Waals surface area contributed by atoms with E-state index >= 15 is 0 Å². The highest BCUT2D eigenvalue weighted by molar-refractivity contribution is 5.08. The highest BCUT2D eigenvalue weighted by atomic mass is 19.3. The van der Waals surface area contributed by atoms with Crippen LogP contribution >= 0.6 is 0 Å². The fraction of sp³-hybridized carbons (Fsp3) is 1.00. The van der Waals surface area contributed by atoms with E-state index < -0.39 is 11.5 Å². The molecule has 1 nitrogen and oxygen atoms in total. The Morgan fingerprint density at radius 2 is 2.00 bits per heavy atom. The van der Waals surface area contributed by atoms with E-state index in [1.54, 1.807) is 6.92 Å². The van der Waals surface area contributed by atoms with Gasteiger partial charge in [0.25, 0.3) is 5.92 Å². The van der Waals surface area contributed by atoms with Crippen molar-refractivity contribution >= 4 is 0 Å². The van der Waals surface area contributed by atoms with Crippen LogP contribution in [0, 0.1) is 5.92 Å². The molecule has 1 heterocycles. The average Bonchev–Trinajstić information content (AvgIpc) is 2.77. The number of halogens is 2. The van der Waals surface area contributed by atoms with Gasteiger partial charge in [-0.15, -0.1) is 0 Å². The summed E-state index contributed by atoms with van der Waals surface area (Å²) in [6, 6.07) is 0. The molecule has 1 unspecified atom stereocenters. The normalized spacial score (nSPS) is 41.2. The molecule has 1 aliphatic heterocycles. The lowest BCUT2D eigenvalue weighted by molar-refractivity contribution is -0.115. The predicted molar refractivity (Wildman–Crippen MR) is 43.3 cm³/mol. The van der Waals surface area contributed by atoms with E-state index in [-0.39, 0.29) is 12.3 Å². The Hall–Kier alpha value is -0.180. The first-order valence-corrected chi connectivity index (χ1v) is 4.69. The van der Waals surface area contributed by atoms with Crippen molar-refractivity contribution < 1.29 is 8.78 Å².